The predicted molar refractivity (Wildman–Crippen MR) is 133 cm³/mol. The van der Waals surface area contributed by atoms with Crippen molar-refractivity contribution in [2.75, 3.05) is 23.2 Å². The minimum Gasteiger partial charge on any atom is -0.493 e. The summed E-state index contributed by atoms with van der Waals surface area (Å²) in [7, 11) is -3.44. The summed E-state index contributed by atoms with van der Waals surface area (Å²) in [5.41, 5.74) is 7.68. The summed E-state index contributed by atoms with van der Waals surface area (Å²) < 4.78 is 13.8. The molecule has 0 aliphatic carbocycles. The molecule has 0 radical (unpaired) electrons. The van der Waals surface area contributed by atoms with E-state index in [-0.39, 0.29) is 12.4 Å². The Morgan fingerprint density at radius 3 is 2.63 bits per heavy atom. The molecule has 11 nitrogen and oxygen atoms in total. The number of benzene rings is 1. The van der Waals surface area contributed by atoms with E-state index in [1.165, 1.54) is 39.3 Å². The van der Waals surface area contributed by atoms with Crippen molar-refractivity contribution in [3.05, 3.63) is 54.6 Å². The fourth-order valence-corrected chi connectivity index (χ4v) is 6.32. The van der Waals surface area contributed by atoms with Gasteiger partial charge < -0.3 is 29.5 Å². The van der Waals surface area contributed by atoms with Crippen molar-refractivity contribution >= 4 is 43.5 Å². The van der Waals surface area contributed by atoms with Crippen LogP contribution in [0.25, 0.3) is 11.0 Å². The van der Waals surface area contributed by atoms with Gasteiger partial charge in [0.15, 0.2) is 5.58 Å². The second kappa shape index (κ2) is 10.1. The molecule has 4 rings (SSSR count). The number of nitrogen functional groups attached to an aromatic ring is 1. The summed E-state index contributed by atoms with van der Waals surface area (Å²) in [5, 5.41) is 22.2. The molecule has 0 saturated carbocycles. The molecule has 0 fully saturated rings. The summed E-state index contributed by atoms with van der Waals surface area (Å²) in [6.07, 6.45) is 7.24. The molecular formula is C23H27N5O6S. The highest BCUT2D eigenvalue weighted by Crippen LogP contribution is 2.61. The van der Waals surface area contributed by atoms with Crippen LogP contribution in [0.15, 0.2) is 53.5 Å². The van der Waals surface area contributed by atoms with Crippen LogP contribution in [0.3, 0.4) is 0 Å². The third-order valence-electron chi connectivity index (χ3n) is 5.64. The Bertz CT molecular complexity index is 1250. The quantitative estimate of drug-likeness (QED) is 0.331. The van der Waals surface area contributed by atoms with Crippen molar-refractivity contribution in [3.8, 4) is 5.75 Å². The second-order valence-electron chi connectivity index (χ2n) is 7.83. The third-order valence-corrected chi connectivity index (χ3v) is 8.50. The maximum absolute atomic E-state index is 12.3. The molecule has 3 aromatic rings. The highest BCUT2D eigenvalue weighted by atomic mass is 32.3. The van der Waals surface area contributed by atoms with Gasteiger partial charge in [-0.1, -0.05) is 12.1 Å². The molecule has 12 heteroatoms. The lowest BCUT2D eigenvalue weighted by molar-refractivity contribution is 0.213. The molecule has 0 unspecified atom stereocenters. The molecular weight excluding hydrogens is 474 g/mol. The van der Waals surface area contributed by atoms with Gasteiger partial charge in [0.2, 0.25) is 0 Å². The lowest BCUT2D eigenvalue weighted by Crippen LogP contribution is -2.39. The van der Waals surface area contributed by atoms with Crippen LogP contribution in [-0.4, -0.2) is 48.4 Å². The van der Waals surface area contributed by atoms with Gasteiger partial charge in [0.25, 0.3) is 0 Å². The lowest BCUT2D eigenvalue weighted by Gasteiger charge is -2.42. The van der Waals surface area contributed by atoms with Crippen molar-refractivity contribution in [2.45, 2.75) is 32.6 Å². The first-order chi connectivity index (χ1) is 16.9. The van der Waals surface area contributed by atoms with Gasteiger partial charge in [-0.2, -0.15) is 0 Å². The number of fused-ring (bicyclic) bond motifs is 1. The van der Waals surface area contributed by atoms with Crippen molar-refractivity contribution in [3.63, 3.8) is 0 Å². The molecule has 0 spiro atoms. The summed E-state index contributed by atoms with van der Waals surface area (Å²) in [4.78, 5) is 28.5. The van der Waals surface area contributed by atoms with Crippen LogP contribution in [0.5, 0.6) is 5.75 Å². The number of anilines is 2. The highest BCUT2D eigenvalue weighted by molar-refractivity contribution is 8.54. The maximum atomic E-state index is 12.3. The number of carboxylic acid groups (broad SMARTS) is 2. The molecule has 0 saturated heterocycles. The standard InChI is InChI=1S/C23H27N5O6S/c1-2-19-18-7-6-17(15-20(18)34-26-19)33-13-5-3-4-10-27-11-12-28(16-8-9-25-21(24)14-16)35(27,22(29)30)23(31)32/h6-9,11-12,14-15H,2-5,10,13H2,1H3,(H2,24,25)(H,29,30)(H,31,32). The Morgan fingerprint density at radius 2 is 1.91 bits per heavy atom. The number of hydrogen-bond acceptors (Lipinski definition) is 9. The Balaban J connectivity index is 1.33. The highest BCUT2D eigenvalue weighted by Gasteiger charge is 2.53. The van der Waals surface area contributed by atoms with Crippen LogP contribution in [-0.2, 0) is 6.42 Å². The zero-order chi connectivity index (χ0) is 25.0. The van der Waals surface area contributed by atoms with Crippen LogP contribution in [0.4, 0.5) is 21.1 Å². The van der Waals surface area contributed by atoms with E-state index in [0.717, 1.165) is 30.3 Å². The molecule has 4 N–H and O–H groups in total. The van der Waals surface area contributed by atoms with Crippen LogP contribution in [0, 0.1) is 0 Å². The summed E-state index contributed by atoms with van der Waals surface area (Å²) >= 11 is 0. The first-order valence-corrected chi connectivity index (χ1v) is 12.7. The van der Waals surface area contributed by atoms with Gasteiger partial charge in [-0.05, 0) is 43.9 Å². The number of ether oxygens (including phenoxy) is 1. The molecule has 0 atom stereocenters. The predicted octanol–water partition coefficient (Wildman–Crippen LogP) is 5.20. The van der Waals surface area contributed by atoms with E-state index in [4.69, 9.17) is 15.0 Å². The van der Waals surface area contributed by atoms with Crippen molar-refractivity contribution < 1.29 is 29.1 Å². The zero-order valence-electron chi connectivity index (χ0n) is 19.2. The number of hydrogen-bond donors (Lipinski definition) is 3. The van der Waals surface area contributed by atoms with E-state index in [1.807, 2.05) is 25.1 Å². The zero-order valence-corrected chi connectivity index (χ0v) is 20.0. The van der Waals surface area contributed by atoms with Gasteiger partial charge in [0.1, 0.15) is 22.0 Å². The average Bonchev–Trinajstić information content (AvgIpc) is 3.43. The first kappa shape index (κ1) is 24.2. The summed E-state index contributed by atoms with van der Waals surface area (Å²) in [5.74, 6) is 0.859. The van der Waals surface area contributed by atoms with Gasteiger partial charge in [-0.15, -0.1) is 0 Å². The summed E-state index contributed by atoms with van der Waals surface area (Å²) in [6, 6.07) is 8.62. The number of pyridine rings is 1. The van der Waals surface area contributed by atoms with Gasteiger partial charge in [0, 0.05) is 42.7 Å². The number of rotatable bonds is 9. The Hall–Kier alpha value is -3.93. The van der Waals surface area contributed by atoms with Crippen molar-refractivity contribution in [1.29, 1.82) is 0 Å². The van der Waals surface area contributed by atoms with Crippen LogP contribution in [0.1, 0.15) is 31.9 Å². The second-order valence-corrected chi connectivity index (χ2v) is 10.5. The van der Waals surface area contributed by atoms with Crippen molar-refractivity contribution in [1.82, 2.24) is 14.4 Å². The first-order valence-electron chi connectivity index (χ1n) is 11.1. The number of aryl methyl sites for hydroxylation is 1. The molecule has 2 aromatic heterocycles. The normalized spacial score (nSPS) is 15.5. The Labute approximate surface area is 203 Å². The summed E-state index contributed by atoms with van der Waals surface area (Å²) in [6.45, 7) is 2.75. The van der Waals surface area contributed by atoms with E-state index in [2.05, 4.69) is 10.1 Å². The molecule has 35 heavy (non-hydrogen) atoms. The van der Waals surface area contributed by atoms with Crippen LogP contribution < -0.4 is 14.8 Å². The molecule has 0 bridgehead atoms. The minimum atomic E-state index is -3.44. The van der Waals surface area contributed by atoms with E-state index < -0.39 is 21.0 Å². The Morgan fingerprint density at radius 1 is 1.11 bits per heavy atom. The van der Waals surface area contributed by atoms with Gasteiger partial charge >= 0.3 is 10.6 Å². The smallest absolute Gasteiger partial charge is 0.393 e. The van der Waals surface area contributed by atoms with Gasteiger partial charge in [-0.25, -0.2) is 14.6 Å². The van der Waals surface area contributed by atoms with E-state index in [0.29, 0.717) is 30.0 Å². The van der Waals surface area contributed by atoms with Crippen LogP contribution >= 0.6 is 10.4 Å². The molecule has 1 aliphatic rings. The molecule has 1 aliphatic heterocycles. The number of aromatic nitrogens is 2. The van der Waals surface area contributed by atoms with E-state index in [9.17, 15) is 19.8 Å². The number of nitrogens with two attached hydrogens (primary N) is 1. The molecule has 0 amide bonds. The van der Waals surface area contributed by atoms with Gasteiger partial charge in [0.05, 0.1) is 18.0 Å². The monoisotopic (exact) mass is 501 g/mol. The van der Waals surface area contributed by atoms with Crippen LogP contribution in [0.2, 0.25) is 0 Å². The molecule has 1 aromatic carbocycles. The lowest BCUT2D eigenvalue weighted by atomic mass is 10.2. The van der Waals surface area contributed by atoms with E-state index >= 15 is 0 Å². The maximum Gasteiger partial charge on any atom is 0.393 e. The third kappa shape index (κ3) is 4.56. The number of nitrogens with zero attached hydrogens (tertiary/aromatic N) is 4. The number of carbonyl (C=O) groups is 2. The molecule has 3 heterocycles. The fraction of sp³-hybridized carbons (Fsp3) is 0.304. The topological polar surface area (TPSA) is 155 Å². The SMILES string of the molecule is CCc1noc2cc(OCCCCCN3C=CN(c4ccnc(N)c4)S3(C(=O)O)C(=O)O)ccc12. The number of unbranched alkanes of at least 4 members (excludes halogenated alkanes) is 2. The van der Waals surface area contributed by atoms with E-state index in [1.54, 1.807) is 0 Å². The fourth-order valence-electron chi connectivity index (χ4n) is 3.94. The molecule has 186 valence electrons. The average molecular weight is 502 g/mol. The van der Waals surface area contributed by atoms with Crippen molar-refractivity contribution in [2.24, 2.45) is 0 Å². The minimum absolute atomic E-state index is 0.173. The Kier molecular flexibility index (Phi) is 7.01. The van der Waals surface area contributed by atoms with Gasteiger partial charge in [-0.3, -0.25) is 4.31 Å². The largest absolute Gasteiger partial charge is 0.493 e.